The summed E-state index contributed by atoms with van der Waals surface area (Å²) in [5, 5.41) is 2.70. The molecule has 86 valence electrons. The van der Waals surface area contributed by atoms with Gasteiger partial charge >= 0.3 is 0 Å². The van der Waals surface area contributed by atoms with Crippen LogP contribution in [0.15, 0.2) is 22.7 Å². The third kappa shape index (κ3) is 2.59. The van der Waals surface area contributed by atoms with Crippen LogP contribution in [0.4, 0.5) is 10.1 Å². The fourth-order valence-electron chi connectivity index (χ4n) is 1.59. The van der Waals surface area contributed by atoms with Gasteiger partial charge < -0.3 is 10.1 Å². The van der Waals surface area contributed by atoms with E-state index in [1.54, 1.807) is 0 Å². The fraction of sp³-hybridized carbons (Fsp3) is 0.364. The largest absolute Gasteiger partial charge is 0.368 e. The second-order valence-electron chi connectivity index (χ2n) is 3.62. The maximum Gasteiger partial charge on any atom is 0.253 e. The quantitative estimate of drug-likeness (QED) is 0.908. The van der Waals surface area contributed by atoms with Gasteiger partial charge in [-0.2, -0.15) is 0 Å². The molecule has 0 radical (unpaired) electrons. The van der Waals surface area contributed by atoms with Gasteiger partial charge in [0.15, 0.2) is 0 Å². The number of benzene rings is 1. The van der Waals surface area contributed by atoms with E-state index < -0.39 is 0 Å². The van der Waals surface area contributed by atoms with Gasteiger partial charge in [-0.05, 0) is 47.0 Å². The average Bonchev–Trinajstić information content (AvgIpc) is 2.75. The summed E-state index contributed by atoms with van der Waals surface area (Å²) in [4.78, 5) is 11.7. The summed E-state index contributed by atoms with van der Waals surface area (Å²) in [5.74, 6) is -0.521. The molecule has 1 saturated heterocycles. The Bertz CT molecular complexity index is 405. The normalized spacial score (nSPS) is 19.8. The molecular weight excluding hydrogens is 277 g/mol. The van der Waals surface area contributed by atoms with E-state index in [-0.39, 0.29) is 17.8 Å². The molecule has 16 heavy (non-hydrogen) atoms. The summed E-state index contributed by atoms with van der Waals surface area (Å²) in [6.45, 7) is 0.628. The molecule has 0 saturated carbocycles. The molecule has 0 aromatic heterocycles. The zero-order valence-corrected chi connectivity index (χ0v) is 10.1. The van der Waals surface area contributed by atoms with Gasteiger partial charge in [0.2, 0.25) is 0 Å². The van der Waals surface area contributed by atoms with Crippen LogP contribution in [0.1, 0.15) is 12.8 Å². The van der Waals surface area contributed by atoms with Crippen LogP contribution in [-0.2, 0) is 9.53 Å². The van der Waals surface area contributed by atoms with Gasteiger partial charge in [0.05, 0.1) is 5.69 Å². The number of carbonyl (C=O) groups excluding carboxylic acids is 1. The first-order valence-corrected chi connectivity index (χ1v) is 5.83. The molecule has 1 aliphatic heterocycles. The van der Waals surface area contributed by atoms with Crippen LogP contribution < -0.4 is 5.32 Å². The van der Waals surface area contributed by atoms with E-state index in [2.05, 4.69) is 21.2 Å². The molecule has 3 nitrogen and oxygen atoms in total. The minimum atomic E-state index is -0.378. The SMILES string of the molecule is O=C(Nc1ccc(F)cc1Br)[C@@H]1CCCO1. The molecule has 2 rings (SSSR count). The molecule has 1 aliphatic rings. The number of rotatable bonds is 2. The Hall–Kier alpha value is -0.940. The minimum Gasteiger partial charge on any atom is -0.368 e. The van der Waals surface area contributed by atoms with Crippen LogP contribution in [0, 0.1) is 5.82 Å². The smallest absolute Gasteiger partial charge is 0.253 e. The highest BCUT2D eigenvalue weighted by atomic mass is 79.9. The first-order chi connectivity index (χ1) is 7.66. The molecule has 0 spiro atoms. The summed E-state index contributed by atoms with van der Waals surface area (Å²) < 4.78 is 18.6. The van der Waals surface area contributed by atoms with Gasteiger partial charge in [-0.3, -0.25) is 4.79 Å². The van der Waals surface area contributed by atoms with Crippen LogP contribution in [0.3, 0.4) is 0 Å². The predicted molar refractivity (Wildman–Crippen MR) is 61.7 cm³/mol. The highest BCUT2D eigenvalue weighted by Gasteiger charge is 2.23. The number of nitrogens with one attached hydrogen (secondary N) is 1. The number of anilines is 1. The van der Waals surface area contributed by atoms with Crippen LogP contribution in [0.5, 0.6) is 0 Å². The first-order valence-electron chi connectivity index (χ1n) is 5.04. The zero-order chi connectivity index (χ0) is 11.5. The minimum absolute atomic E-state index is 0.176. The van der Waals surface area contributed by atoms with Crippen molar-refractivity contribution in [3.8, 4) is 0 Å². The number of amides is 1. The molecule has 0 unspecified atom stereocenters. The van der Waals surface area contributed by atoms with E-state index in [9.17, 15) is 9.18 Å². The molecule has 1 amide bonds. The van der Waals surface area contributed by atoms with Gasteiger partial charge in [-0.1, -0.05) is 0 Å². The maximum absolute atomic E-state index is 12.8. The molecular formula is C11H11BrFNO2. The van der Waals surface area contributed by atoms with Crippen molar-refractivity contribution in [2.75, 3.05) is 11.9 Å². The van der Waals surface area contributed by atoms with E-state index in [0.717, 1.165) is 12.8 Å². The molecule has 0 aliphatic carbocycles. The van der Waals surface area contributed by atoms with Gasteiger partial charge in [-0.25, -0.2) is 4.39 Å². The van der Waals surface area contributed by atoms with Crippen LogP contribution in [0.2, 0.25) is 0 Å². The third-order valence-electron chi connectivity index (χ3n) is 2.41. The van der Waals surface area contributed by atoms with Crippen molar-refractivity contribution in [1.82, 2.24) is 0 Å². The van der Waals surface area contributed by atoms with E-state index >= 15 is 0 Å². The Labute approximate surface area is 101 Å². The lowest BCUT2D eigenvalue weighted by Crippen LogP contribution is -2.26. The second kappa shape index (κ2) is 4.93. The molecule has 1 heterocycles. The monoisotopic (exact) mass is 287 g/mol. The topological polar surface area (TPSA) is 38.3 Å². The van der Waals surface area contributed by atoms with E-state index in [4.69, 9.17) is 4.74 Å². The van der Waals surface area contributed by atoms with Crippen molar-refractivity contribution >= 4 is 27.5 Å². The molecule has 0 bridgehead atoms. The van der Waals surface area contributed by atoms with Gasteiger partial charge in [-0.15, -0.1) is 0 Å². The van der Waals surface area contributed by atoms with E-state index in [1.807, 2.05) is 0 Å². The number of carbonyl (C=O) groups is 1. The lowest BCUT2D eigenvalue weighted by atomic mass is 10.2. The average molecular weight is 288 g/mol. The number of hydrogen-bond acceptors (Lipinski definition) is 2. The molecule has 1 atom stereocenters. The lowest BCUT2D eigenvalue weighted by Gasteiger charge is -2.11. The summed E-state index contributed by atoms with van der Waals surface area (Å²) >= 11 is 3.19. The first kappa shape index (κ1) is 11.5. The number of hydrogen-bond donors (Lipinski definition) is 1. The second-order valence-corrected chi connectivity index (χ2v) is 4.47. The Kier molecular flexibility index (Phi) is 3.56. The Morgan fingerprint density at radius 3 is 3.00 bits per heavy atom. The molecule has 1 N–H and O–H groups in total. The van der Waals surface area contributed by atoms with Gasteiger partial charge in [0, 0.05) is 11.1 Å². The van der Waals surface area contributed by atoms with Crippen molar-refractivity contribution in [2.45, 2.75) is 18.9 Å². The highest BCUT2D eigenvalue weighted by Crippen LogP contribution is 2.24. The molecule has 1 aromatic rings. The van der Waals surface area contributed by atoms with E-state index in [0.29, 0.717) is 16.8 Å². The van der Waals surface area contributed by atoms with Crippen molar-refractivity contribution in [2.24, 2.45) is 0 Å². The molecule has 5 heteroatoms. The van der Waals surface area contributed by atoms with Crippen molar-refractivity contribution in [1.29, 1.82) is 0 Å². The summed E-state index contributed by atoms with van der Waals surface area (Å²) in [6, 6.07) is 4.13. The number of ether oxygens (including phenoxy) is 1. The number of halogens is 2. The Morgan fingerprint density at radius 1 is 1.56 bits per heavy atom. The van der Waals surface area contributed by atoms with Crippen molar-refractivity contribution in [3.63, 3.8) is 0 Å². The summed E-state index contributed by atoms with van der Waals surface area (Å²) in [6.07, 6.45) is 1.27. The van der Waals surface area contributed by atoms with Crippen LogP contribution in [-0.4, -0.2) is 18.6 Å². The Morgan fingerprint density at radius 2 is 2.38 bits per heavy atom. The van der Waals surface area contributed by atoms with Gasteiger partial charge in [0.25, 0.3) is 5.91 Å². The van der Waals surface area contributed by atoms with Gasteiger partial charge in [0.1, 0.15) is 11.9 Å². The predicted octanol–water partition coefficient (Wildman–Crippen LogP) is 2.71. The van der Waals surface area contributed by atoms with Crippen molar-refractivity contribution in [3.05, 3.63) is 28.5 Å². The lowest BCUT2D eigenvalue weighted by molar-refractivity contribution is -0.124. The summed E-state index contributed by atoms with van der Waals surface area (Å²) in [7, 11) is 0. The fourth-order valence-corrected chi connectivity index (χ4v) is 2.04. The third-order valence-corrected chi connectivity index (χ3v) is 3.07. The van der Waals surface area contributed by atoms with Crippen LogP contribution in [0.25, 0.3) is 0 Å². The maximum atomic E-state index is 12.8. The van der Waals surface area contributed by atoms with Crippen molar-refractivity contribution < 1.29 is 13.9 Å². The standard InChI is InChI=1S/C11H11BrFNO2/c12-8-6-7(13)3-4-9(8)14-11(15)10-2-1-5-16-10/h3-4,6,10H,1-2,5H2,(H,14,15)/t10-/m0/s1. The zero-order valence-electron chi connectivity index (χ0n) is 8.50. The molecule has 1 aromatic carbocycles. The molecule has 1 fully saturated rings. The highest BCUT2D eigenvalue weighted by molar-refractivity contribution is 9.10. The summed E-state index contributed by atoms with van der Waals surface area (Å²) in [5.41, 5.74) is 0.557. The van der Waals surface area contributed by atoms with E-state index in [1.165, 1.54) is 18.2 Å². The van der Waals surface area contributed by atoms with Crippen LogP contribution >= 0.6 is 15.9 Å². The Balaban J connectivity index is 2.05.